The number of halogens is 4. The van der Waals surface area contributed by atoms with Crippen molar-refractivity contribution in [2.75, 3.05) is 19.0 Å². The third kappa shape index (κ3) is 5.15. The number of carbonyl (C=O) groups excluding carboxylic acids is 3. The summed E-state index contributed by atoms with van der Waals surface area (Å²) in [7, 11) is 1.19. The van der Waals surface area contributed by atoms with Crippen LogP contribution in [0.5, 0.6) is 0 Å². The molecule has 0 atom stereocenters. The van der Waals surface area contributed by atoms with Gasteiger partial charge in [-0.05, 0) is 30.3 Å². The number of carbonyl (C=O) groups is 3. The number of hydrogen-bond acceptors (Lipinski definition) is 5. The van der Waals surface area contributed by atoms with Gasteiger partial charge in [-0.15, -0.1) is 11.3 Å². The van der Waals surface area contributed by atoms with Crippen LogP contribution in [0.3, 0.4) is 0 Å². The lowest BCUT2D eigenvalue weighted by Gasteiger charge is -2.07. The van der Waals surface area contributed by atoms with Gasteiger partial charge in [-0.1, -0.05) is 23.7 Å². The van der Waals surface area contributed by atoms with E-state index < -0.39 is 29.5 Å². The Kier molecular flexibility index (Phi) is 6.51. The smallest absolute Gasteiger partial charge is 0.416 e. The second-order valence-electron chi connectivity index (χ2n) is 6.25. The van der Waals surface area contributed by atoms with E-state index in [1.165, 1.54) is 37.4 Å². The Labute approximate surface area is 182 Å². The van der Waals surface area contributed by atoms with Crippen molar-refractivity contribution in [1.29, 1.82) is 0 Å². The zero-order valence-corrected chi connectivity index (χ0v) is 17.4. The van der Waals surface area contributed by atoms with Crippen LogP contribution in [-0.2, 0) is 15.7 Å². The van der Waals surface area contributed by atoms with Crippen LogP contribution >= 0.6 is 22.9 Å². The molecule has 6 nitrogen and oxygen atoms in total. The lowest BCUT2D eigenvalue weighted by molar-refractivity contribution is -0.139. The number of hydrogen-bond donors (Lipinski definition) is 2. The van der Waals surface area contributed by atoms with E-state index in [0.29, 0.717) is 5.39 Å². The first-order valence-electron chi connectivity index (χ1n) is 8.66. The molecule has 0 radical (unpaired) electrons. The van der Waals surface area contributed by atoms with Crippen LogP contribution in [0.2, 0.25) is 5.02 Å². The van der Waals surface area contributed by atoms with Gasteiger partial charge in [0.1, 0.15) is 11.4 Å². The molecule has 0 aliphatic rings. The van der Waals surface area contributed by atoms with Crippen molar-refractivity contribution in [3.8, 4) is 0 Å². The van der Waals surface area contributed by atoms with E-state index in [2.05, 4.69) is 15.4 Å². The number of methoxy groups -OCH3 is 1. The van der Waals surface area contributed by atoms with Gasteiger partial charge in [0, 0.05) is 21.3 Å². The van der Waals surface area contributed by atoms with Crippen molar-refractivity contribution in [2.45, 2.75) is 6.18 Å². The average molecular weight is 471 g/mol. The SMILES string of the molecule is COC(=O)CNC(=O)c1cccc(NC(=O)c2sc3cc(C(F)(F)F)ccc3c2Cl)c1. The molecular formula is C20H14ClF3N2O4S. The zero-order chi connectivity index (χ0) is 22.8. The highest BCUT2D eigenvalue weighted by atomic mass is 35.5. The molecule has 1 aromatic heterocycles. The molecule has 1 heterocycles. The molecule has 0 fully saturated rings. The van der Waals surface area contributed by atoms with Gasteiger partial charge in [-0.3, -0.25) is 14.4 Å². The summed E-state index contributed by atoms with van der Waals surface area (Å²) in [6, 6.07) is 8.97. The molecule has 2 aromatic carbocycles. The summed E-state index contributed by atoms with van der Waals surface area (Å²) in [5, 5.41) is 5.31. The third-order valence-electron chi connectivity index (χ3n) is 4.17. The summed E-state index contributed by atoms with van der Waals surface area (Å²) in [6.45, 7) is -0.316. The highest BCUT2D eigenvalue weighted by Crippen LogP contribution is 2.39. The minimum absolute atomic E-state index is 0.0385. The number of rotatable bonds is 5. The first kappa shape index (κ1) is 22.6. The van der Waals surface area contributed by atoms with E-state index >= 15 is 0 Å². The summed E-state index contributed by atoms with van der Waals surface area (Å²) in [4.78, 5) is 35.9. The predicted molar refractivity (Wildman–Crippen MR) is 111 cm³/mol. The van der Waals surface area contributed by atoms with Crippen LogP contribution in [0.4, 0.5) is 18.9 Å². The van der Waals surface area contributed by atoms with Gasteiger partial charge in [-0.25, -0.2) is 0 Å². The van der Waals surface area contributed by atoms with Crippen LogP contribution in [0.15, 0.2) is 42.5 Å². The van der Waals surface area contributed by atoms with Crippen molar-refractivity contribution < 1.29 is 32.3 Å². The normalized spacial score (nSPS) is 11.3. The summed E-state index contributed by atoms with van der Waals surface area (Å²) in [5.41, 5.74) is -0.394. The van der Waals surface area contributed by atoms with E-state index in [1.54, 1.807) is 0 Å². The van der Waals surface area contributed by atoms with Gasteiger partial charge in [0.25, 0.3) is 11.8 Å². The highest BCUT2D eigenvalue weighted by molar-refractivity contribution is 7.21. The van der Waals surface area contributed by atoms with Crippen molar-refractivity contribution in [1.82, 2.24) is 5.32 Å². The van der Waals surface area contributed by atoms with E-state index in [-0.39, 0.29) is 32.4 Å². The molecule has 3 aromatic rings. The average Bonchev–Trinajstić information content (AvgIpc) is 3.07. The quantitative estimate of drug-likeness (QED) is 0.528. The number of benzene rings is 2. The van der Waals surface area contributed by atoms with Gasteiger partial charge in [0.05, 0.1) is 17.7 Å². The fraction of sp³-hybridized carbons (Fsp3) is 0.150. The fourth-order valence-corrected chi connectivity index (χ4v) is 4.09. The van der Waals surface area contributed by atoms with Gasteiger partial charge in [0.2, 0.25) is 0 Å². The van der Waals surface area contributed by atoms with Gasteiger partial charge < -0.3 is 15.4 Å². The first-order chi connectivity index (χ1) is 14.6. The lowest BCUT2D eigenvalue weighted by Crippen LogP contribution is -2.30. The molecule has 0 spiro atoms. The molecule has 0 aliphatic carbocycles. The Balaban J connectivity index is 1.80. The Morgan fingerprint density at radius 1 is 1.10 bits per heavy atom. The minimum Gasteiger partial charge on any atom is -0.468 e. The molecule has 2 amide bonds. The summed E-state index contributed by atoms with van der Waals surface area (Å²) in [5.74, 6) is -1.81. The topological polar surface area (TPSA) is 84.5 Å². The molecule has 0 aliphatic heterocycles. The molecule has 162 valence electrons. The van der Waals surface area contributed by atoms with Crippen molar-refractivity contribution in [3.05, 3.63) is 63.5 Å². The maximum Gasteiger partial charge on any atom is 0.416 e. The molecule has 0 unspecified atom stereocenters. The van der Waals surface area contributed by atoms with E-state index in [1.807, 2.05) is 0 Å². The fourth-order valence-electron chi connectivity index (χ4n) is 2.64. The van der Waals surface area contributed by atoms with Gasteiger partial charge in [0.15, 0.2) is 0 Å². The standard InChI is InChI=1S/C20H14ClF3N2O4S/c1-30-15(27)9-25-18(28)10-3-2-4-12(7-10)26-19(29)17-16(21)13-6-5-11(20(22,23)24)8-14(13)31-17/h2-8H,9H2,1H3,(H,25,28)(H,26,29). The number of alkyl halides is 3. The second-order valence-corrected chi connectivity index (χ2v) is 7.68. The Morgan fingerprint density at radius 2 is 1.84 bits per heavy atom. The number of ether oxygens (including phenoxy) is 1. The molecule has 2 N–H and O–H groups in total. The number of anilines is 1. The van der Waals surface area contributed by atoms with Crippen molar-refractivity contribution in [3.63, 3.8) is 0 Å². The lowest BCUT2D eigenvalue weighted by atomic mass is 10.1. The summed E-state index contributed by atoms with van der Waals surface area (Å²) < 4.78 is 43.4. The maximum absolute atomic E-state index is 12.9. The highest BCUT2D eigenvalue weighted by Gasteiger charge is 2.31. The minimum atomic E-state index is -4.51. The van der Waals surface area contributed by atoms with Crippen molar-refractivity contribution in [2.24, 2.45) is 0 Å². The Morgan fingerprint density at radius 3 is 2.52 bits per heavy atom. The van der Waals surface area contributed by atoms with E-state index in [0.717, 1.165) is 23.5 Å². The first-order valence-corrected chi connectivity index (χ1v) is 9.85. The molecule has 0 saturated carbocycles. The Hall–Kier alpha value is -3.11. The van der Waals surface area contributed by atoms with Crippen LogP contribution in [0.25, 0.3) is 10.1 Å². The molecule has 0 bridgehead atoms. The summed E-state index contributed by atoms with van der Waals surface area (Å²) in [6.07, 6.45) is -4.51. The molecule has 3 rings (SSSR count). The monoisotopic (exact) mass is 470 g/mol. The van der Waals surface area contributed by atoms with Crippen LogP contribution in [0, 0.1) is 0 Å². The Bertz CT molecular complexity index is 1180. The number of esters is 1. The zero-order valence-electron chi connectivity index (χ0n) is 15.8. The van der Waals surface area contributed by atoms with Gasteiger partial charge >= 0.3 is 12.1 Å². The van der Waals surface area contributed by atoms with Crippen LogP contribution in [0.1, 0.15) is 25.6 Å². The number of amides is 2. The molecule has 31 heavy (non-hydrogen) atoms. The van der Waals surface area contributed by atoms with Crippen molar-refractivity contribution >= 4 is 56.5 Å². The second kappa shape index (κ2) is 8.94. The van der Waals surface area contributed by atoms with E-state index in [4.69, 9.17) is 11.6 Å². The largest absolute Gasteiger partial charge is 0.468 e. The number of nitrogens with one attached hydrogen (secondary N) is 2. The molecular weight excluding hydrogens is 457 g/mol. The number of thiophene rings is 1. The maximum atomic E-state index is 12.9. The molecule has 11 heteroatoms. The van der Waals surface area contributed by atoms with Crippen LogP contribution < -0.4 is 10.6 Å². The summed E-state index contributed by atoms with van der Waals surface area (Å²) >= 11 is 7.04. The predicted octanol–water partition coefficient (Wildman–Crippen LogP) is 4.73. The van der Waals surface area contributed by atoms with E-state index in [9.17, 15) is 27.6 Å². The number of fused-ring (bicyclic) bond motifs is 1. The van der Waals surface area contributed by atoms with Gasteiger partial charge in [-0.2, -0.15) is 13.2 Å². The molecule has 0 saturated heterocycles. The third-order valence-corrected chi connectivity index (χ3v) is 5.82. The van der Waals surface area contributed by atoms with Crippen LogP contribution in [-0.4, -0.2) is 31.4 Å².